The molecule has 144 valence electrons. The summed E-state index contributed by atoms with van der Waals surface area (Å²) < 4.78 is 0. The maximum atomic E-state index is 12.5. The first-order valence-corrected chi connectivity index (χ1v) is 9.02. The third-order valence-electron chi connectivity index (χ3n) is 4.95. The van der Waals surface area contributed by atoms with Gasteiger partial charge in [0.15, 0.2) is 11.3 Å². The molecule has 0 aromatic rings. The first kappa shape index (κ1) is 21.5. The minimum atomic E-state index is -1.82. The van der Waals surface area contributed by atoms with Gasteiger partial charge in [-0.3, -0.25) is 14.5 Å². The predicted molar refractivity (Wildman–Crippen MR) is 93.1 cm³/mol. The lowest BCUT2D eigenvalue weighted by atomic mass is 9.86. The highest BCUT2D eigenvalue weighted by Gasteiger charge is 2.57. The number of ketones is 1. The summed E-state index contributed by atoms with van der Waals surface area (Å²) in [6.07, 6.45) is 5.32. The van der Waals surface area contributed by atoms with E-state index in [4.69, 9.17) is 11.5 Å². The number of hydrogen-bond donors (Lipinski definition) is 4. The molecule has 0 spiro atoms. The summed E-state index contributed by atoms with van der Waals surface area (Å²) in [4.78, 5) is 37.6. The Balaban J connectivity index is 2.87. The number of carbonyl (C=O) groups excluding carboxylic acids is 1. The van der Waals surface area contributed by atoms with E-state index in [-0.39, 0.29) is 13.0 Å². The smallest absolute Gasteiger partial charge is 0.332 e. The van der Waals surface area contributed by atoms with Crippen LogP contribution in [0.4, 0.5) is 0 Å². The number of hydrogen-bond acceptors (Lipinski definition) is 6. The first-order valence-electron chi connectivity index (χ1n) is 9.02. The number of unbranched alkanes of at least 4 members (excludes halogenated alkanes) is 4. The quantitative estimate of drug-likeness (QED) is 0.293. The molecular formula is C17H31N3O5. The van der Waals surface area contributed by atoms with E-state index in [0.717, 1.165) is 25.7 Å². The number of rotatable bonds is 12. The molecule has 1 heterocycles. The second kappa shape index (κ2) is 9.84. The summed E-state index contributed by atoms with van der Waals surface area (Å²) in [5.41, 5.74) is 9.27. The standard InChI is InChI=1S/C17H31N3O5/c1-12(19)14(21)17(16(24)25)9-7-11-20(17)13(15(22)23)8-5-3-2-4-6-10-18/h12-13H,2-11,18-19H2,1H3,(H,22,23)(H,24,25). The highest BCUT2D eigenvalue weighted by Crippen LogP contribution is 2.35. The van der Waals surface area contributed by atoms with Crippen LogP contribution in [0.15, 0.2) is 0 Å². The SMILES string of the molecule is CC(N)C(=O)C1(C(=O)O)CCCN1C(CCCCCCCN)C(=O)O. The van der Waals surface area contributed by atoms with Crippen molar-refractivity contribution in [2.24, 2.45) is 11.5 Å². The van der Waals surface area contributed by atoms with Gasteiger partial charge in [0.25, 0.3) is 0 Å². The molecule has 0 radical (unpaired) electrons. The zero-order chi connectivity index (χ0) is 19.0. The van der Waals surface area contributed by atoms with Gasteiger partial charge in [-0.15, -0.1) is 0 Å². The van der Waals surface area contributed by atoms with Gasteiger partial charge in [-0.05, 0) is 39.2 Å². The van der Waals surface area contributed by atoms with Crippen molar-refractivity contribution in [3.8, 4) is 0 Å². The van der Waals surface area contributed by atoms with Crippen LogP contribution in [0.1, 0.15) is 58.3 Å². The Hall–Kier alpha value is -1.51. The van der Waals surface area contributed by atoms with Crippen molar-refractivity contribution in [1.29, 1.82) is 0 Å². The van der Waals surface area contributed by atoms with E-state index in [1.807, 2.05) is 0 Å². The number of carboxylic acid groups (broad SMARTS) is 2. The van der Waals surface area contributed by atoms with Crippen molar-refractivity contribution in [3.05, 3.63) is 0 Å². The molecule has 0 amide bonds. The molecule has 0 bridgehead atoms. The van der Waals surface area contributed by atoms with Crippen LogP contribution >= 0.6 is 0 Å². The Bertz CT molecular complexity index is 483. The minimum Gasteiger partial charge on any atom is -0.480 e. The molecule has 25 heavy (non-hydrogen) atoms. The van der Waals surface area contributed by atoms with Crippen molar-refractivity contribution in [2.45, 2.75) is 75.9 Å². The van der Waals surface area contributed by atoms with Crippen LogP contribution in [0, 0.1) is 0 Å². The molecular weight excluding hydrogens is 326 g/mol. The number of nitrogens with zero attached hydrogens (tertiary/aromatic N) is 1. The minimum absolute atomic E-state index is 0.100. The Morgan fingerprint density at radius 3 is 2.24 bits per heavy atom. The highest BCUT2D eigenvalue weighted by molar-refractivity contribution is 6.10. The largest absolute Gasteiger partial charge is 0.480 e. The summed E-state index contributed by atoms with van der Waals surface area (Å²) in [7, 11) is 0. The van der Waals surface area contributed by atoms with E-state index >= 15 is 0 Å². The molecule has 1 aliphatic heterocycles. The van der Waals surface area contributed by atoms with E-state index < -0.39 is 35.3 Å². The molecule has 1 saturated heterocycles. The Kier molecular flexibility index (Phi) is 8.47. The average Bonchev–Trinajstić information content (AvgIpc) is 2.98. The number of aliphatic carboxylic acids is 2. The lowest BCUT2D eigenvalue weighted by Crippen LogP contribution is -2.64. The average molecular weight is 357 g/mol. The van der Waals surface area contributed by atoms with Gasteiger partial charge >= 0.3 is 11.9 Å². The zero-order valence-electron chi connectivity index (χ0n) is 14.9. The van der Waals surface area contributed by atoms with Crippen LogP contribution in [-0.2, 0) is 14.4 Å². The Labute approximate surface area is 148 Å². The van der Waals surface area contributed by atoms with Gasteiger partial charge in [0.1, 0.15) is 6.04 Å². The van der Waals surface area contributed by atoms with Crippen molar-refractivity contribution < 1.29 is 24.6 Å². The van der Waals surface area contributed by atoms with Crippen molar-refractivity contribution >= 4 is 17.7 Å². The van der Waals surface area contributed by atoms with Crippen LogP contribution in [-0.4, -0.2) is 63.5 Å². The summed E-state index contributed by atoms with van der Waals surface area (Å²) in [6.45, 7) is 2.36. The fourth-order valence-electron chi connectivity index (χ4n) is 3.66. The topological polar surface area (TPSA) is 147 Å². The second-order valence-electron chi connectivity index (χ2n) is 6.81. The maximum Gasteiger partial charge on any atom is 0.332 e. The second-order valence-corrected chi connectivity index (χ2v) is 6.81. The molecule has 0 aromatic carbocycles. The van der Waals surface area contributed by atoms with Gasteiger partial charge in [-0.2, -0.15) is 0 Å². The third-order valence-corrected chi connectivity index (χ3v) is 4.95. The van der Waals surface area contributed by atoms with Gasteiger partial charge in [0, 0.05) is 6.54 Å². The normalized spacial score (nSPS) is 23.3. The summed E-state index contributed by atoms with van der Waals surface area (Å²) >= 11 is 0. The van der Waals surface area contributed by atoms with Crippen LogP contribution in [0.5, 0.6) is 0 Å². The monoisotopic (exact) mass is 357 g/mol. The van der Waals surface area contributed by atoms with Gasteiger partial charge in [0.05, 0.1) is 6.04 Å². The highest BCUT2D eigenvalue weighted by atomic mass is 16.4. The molecule has 1 rings (SSSR count). The molecule has 6 N–H and O–H groups in total. The van der Waals surface area contributed by atoms with Gasteiger partial charge in [-0.1, -0.05) is 25.7 Å². The first-order chi connectivity index (χ1) is 11.8. The third kappa shape index (κ3) is 4.99. The number of carboxylic acids is 2. The van der Waals surface area contributed by atoms with Crippen molar-refractivity contribution in [3.63, 3.8) is 0 Å². The summed E-state index contributed by atoms with van der Waals surface area (Å²) in [6, 6.07) is -1.95. The van der Waals surface area contributed by atoms with Gasteiger partial charge in [-0.25, -0.2) is 4.79 Å². The fourth-order valence-corrected chi connectivity index (χ4v) is 3.66. The van der Waals surface area contributed by atoms with Gasteiger partial charge < -0.3 is 21.7 Å². The molecule has 3 unspecified atom stereocenters. The van der Waals surface area contributed by atoms with Crippen LogP contribution in [0.25, 0.3) is 0 Å². The van der Waals surface area contributed by atoms with Crippen molar-refractivity contribution in [1.82, 2.24) is 4.90 Å². The zero-order valence-corrected chi connectivity index (χ0v) is 14.9. The van der Waals surface area contributed by atoms with Gasteiger partial charge in [0.2, 0.25) is 0 Å². The number of Topliss-reactive ketones (excluding diaryl/α,β-unsaturated/α-hetero) is 1. The van der Waals surface area contributed by atoms with Crippen molar-refractivity contribution in [2.75, 3.05) is 13.1 Å². The van der Waals surface area contributed by atoms with Crippen LogP contribution < -0.4 is 11.5 Å². The molecule has 0 saturated carbocycles. The van der Waals surface area contributed by atoms with E-state index in [1.54, 1.807) is 0 Å². The molecule has 8 heteroatoms. The van der Waals surface area contributed by atoms with Crippen LogP contribution in [0.3, 0.4) is 0 Å². The molecule has 3 atom stereocenters. The fraction of sp³-hybridized carbons (Fsp3) is 0.824. The molecule has 1 aliphatic rings. The lowest BCUT2D eigenvalue weighted by Gasteiger charge is -2.38. The predicted octanol–water partition coefficient (Wildman–Crippen LogP) is 0.574. The van der Waals surface area contributed by atoms with E-state index in [9.17, 15) is 24.6 Å². The van der Waals surface area contributed by atoms with Crippen LogP contribution in [0.2, 0.25) is 0 Å². The molecule has 1 fully saturated rings. The Morgan fingerprint density at radius 1 is 1.12 bits per heavy atom. The summed E-state index contributed by atoms with van der Waals surface area (Å²) in [5.74, 6) is -3.01. The number of carbonyl (C=O) groups is 3. The number of likely N-dealkylation sites (tertiary alicyclic amines) is 1. The maximum absolute atomic E-state index is 12.5. The summed E-state index contributed by atoms with van der Waals surface area (Å²) in [5, 5.41) is 19.3. The van der Waals surface area contributed by atoms with E-state index in [1.165, 1.54) is 11.8 Å². The molecule has 0 aromatic heterocycles. The van der Waals surface area contributed by atoms with E-state index in [0.29, 0.717) is 25.8 Å². The number of nitrogens with two attached hydrogens (primary N) is 2. The molecule has 8 nitrogen and oxygen atoms in total. The lowest BCUT2D eigenvalue weighted by molar-refractivity contribution is -0.161. The Morgan fingerprint density at radius 2 is 1.72 bits per heavy atom. The van der Waals surface area contributed by atoms with E-state index in [2.05, 4.69) is 0 Å². The molecule has 0 aliphatic carbocycles.